The van der Waals surface area contributed by atoms with Crippen LogP contribution in [0.2, 0.25) is 0 Å². The molecule has 0 amide bonds. The molecule has 0 aliphatic carbocycles. The van der Waals surface area contributed by atoms with Gasteiger partial charge in [-0.2, -0.15) is 0 Å². The van der Waals surface area contributed by atoms with Crippen molar-refractivity contribution < 1.29 is 0 Å². The lowest BCUT2D eigenvalue weighted by Gasteiger charge is -2.28. The Morgan fingerprint density at radius 3 is 2.75 bits per heavy atom. The normalized spacial score (nSPS) is 18.6. The molecular weight excluding hydrogens is 196 g/mol. The molecule has 0 radical (unpaired) electrons. The molecule has 1 heterocycles. The van der Waals surface area contributed by atoms with E-state index in [9.17, 15) is 0 Å². The summed E-state index contributed by atoms with van der Waals surface area (Å²) in [7, 11) is 0. The lowest BCUT2D eigenvalue weighted by atomic mass is 9.84. The van der Waals surface area contributed by atoms with Crippen LogP contribution in [0, 0.1) is 5.41 Å². The number of hydrogen-bond acceptors (Lipinski definition) is 2. The maximum atomic E-state index is 5.63. The molecule has 0 fully saturated rings. The average Bonchev–Trinajstić information content (AvgIpc) is 2.17. The van der Waals surface area contributed by atoms with E-state index in [4.69, 9.17) is 5.73 Å². The number of rotatable bonds is 6. The molecule has 0 bridgehead atoms. The van der Waals surface area contributed by atoms with E-state index >= 15 is 0 Å². The third-order valence-electron chi connectivity index (χ3n) is 3.56. The Balaban J connectivity index is 2.18. The first-order valence-electron chi connectivity index (χ1n) is 6.61. The predicted octanol–water partition coefficient (Wildman–Crippen LogP) is 2.79. The van der Waals surface area contributed by atoms with E-state index in [0.29, 0.717) is 5.41 Å². The van der Waals surface area contributed by atoms with Crippen LogP contribution < -0.4 is 5.73 Å². The summed E-state index contributed by atoms with van der Waals surface area (Å²) in [6.45, 7) is 11.4. The van der Waals surface area contributed by atoms with Gasteiger partial charge in [-0.05, 0) is 51.1 Å². The maximum absolute atomic E-state index is 5.63. The van der Waals surface area contributed by atoms with Crippen molar-refractivity contribution in [3.8, 4) is 0 Å². The second kappa shape index (κ2) is 6.41. The van der Waals surface area contributed by atoms with Crippen LogP contribution in [-0.4, -0.2) is 31.1 Å². The largest absolute Gasteiger partial charge is 0.330 e. The minimum Gasteiger partial charge on any atom is -0.330 e. The maximum Gasteiger partial charge on any atom is 0.0190 e. The third kappa shape index (κ3) is 5.13. The zero-order valence-corrected chi connectivity index (χ0v) is 11.3. The highest BCUT2D eigenvalue weighted by Crippen LogP contribution is 2.26. The monoisotopic (exact) mass is 224 g/mol. The molecule has 1 aliphatic rings. The molecule has 2 N–H and O–H groups in total. The van der Waals surface area contributed by atoms with Crippen LogP contribution in [-0.2, 0) is 0 Å². The van der Waals surface area contributed by atoms with Crippen LogP contribution in [0.3, 0.4) is 0 Å². The fourth-order valence-electron chi connectivity index (χ4n) is 2.48. The number of nitrogens with zero attached hydrogens (tertiary/aromatic N) is 1. The Morgan fingerprint density at radius 1 is 1.38 bits per heavy atom. The highest BCUT2D eigenvalue weighted by molar-refractivity contribution is 5.04. The van der Waals surface area contributed by atoms with Crippen LogP contribution in [0.1, 0.15) is 46.5 Å². The number of nitrogens with two attached hydrogens (primary N) is 1. The van der Waals surface area contributed by atoms with Gasteiger partial charge in [0.25, 0.3) is 0 Å². The van der Waals surface area contributed by atoms with Crippen LogP contribution >= 0.6 is 0 Å². The van der Waals surface area contributed by atoms with Gasteiger partial charge in [-0.25, -0.2) is 0 Å². The van der Waals surface area contributed by atoms with E-state index in [1.54, 1.807) is 0 Å². The van der Waals surface area contributed by atoms with Crippen molar-refractivity contribution in [1.82, 2.24) is 4.90 Å². The Hall–Kier alpha value is -0.340. The average molecular weight is 224 g/mol. The van der Waals surface area contributed by atoms with Gasteiger partial charge in [-0.15, -0.1) is 0 Å². The molecule has 0 aromatic rings. The summed E-state index contributed by atoms with van der Waals surface area (Å²) in [4.78, 5) is 2.58. The second-order valence-corrected chi connectivity index (χ2v) is 5.92. The molecule has 0 spiro atoms. The molecule has 0 aromatic heterocycles. The predicted molar refractivity (Wildman–Crippen MR) is 71.5 cm³/mol. The molecule has 1 aliphatic heterocycles. The van der Waals surface area contributed by atoms with Gasteiger partial charge in [0, 0.05) is 13.1 Å². The van der Waals surface area contributed by atoms with E-state index in [0.717, 1.165) is 13.0 Å². The van der Waals surface area contributed by atoms with Gasteiger partial charge >= 0.3 is 0 Å². The fourth-order valence-corrected chi connectivity index (χ4v) is 2.48. The van der Waals surface area contributed by atoms with E-state index < -0.39 is 0 Å². The second-order valence-electron chi connectivity index (χ2n) is 5.92. The summed E-state index contributed by atoms with van der Waals surface area (Å²) in [6, 6.07) is 0. The first kappa shape index (κ1) is 13.7. The molecule has 2 nitrogen and oxygen atoms in total. The molecular formula is C14H28N2. The van der Waals surface area contributed by atoms with Gasteiger partial charge in [0.1, 0.15) is 0 Å². The molecule has 0 atom stereocenters. The topological polar surface area (TPSA) is 29.3 Å². The molecule has 94 valence electrons. The molecule has 2 heteroatoms. The van der Waals surface area contributed by atoms with Crippen LogP contribution in [0.15, 0.2) is 11.6 Å². The van der Waals surface area contributed by atoms with Crippen molar-refractivity contribution in [2.45, 2.75) is 46.5 Å². The first-order chi connectivity index (χ1) is 7.53. The minimum atomic E-state index is 0.426. The molecule has 0 saturated carbocycles. The minimum absolute atomic E-state index is 0.426. The highest BCUT2D eigenvalue weighted by atomic mass is 15.1. The van der Waals surface area contributed by atoms with E-state index in [1.807, 2.05) is 0 Å². The van der Waals surface area contributed by atoms with E-state index in [-0.39, 0.29) is 0 Å². The smallest absolute Gasteiger partial charge is 0.0190 e. The standard InChI is InChI=1S/C14H28N2/c1-13-6-4-10-16(12-13)11-5-7-14(2,3)8-9-15/h6H,4-5,7-12,15H2,1-3H3. The van der Waals surface area contributed by atoms with Crippen LogP contribution in [0.4, 0.5) is 0 Å². The molecule has 16 heavy (non-hydrogen) atoms. The van der Waals surface area contributed by atoms with Crippen molar-refractivity contribution in [3.05, 3.63) is 11.6 Å². The van der Waals surface area contributed by atoms with Gasteiger partial charge in [0.15, 0.2) is 0 Å². The summed E-state index contributed by atoms with van der Waals surface area (Å²) in [6.07, 6.45) is 7.35. The molecule has 1 rings (SSSR count). The summed E-state index contributed by atoms with van der Waals surface area (Å²) in [5.74, 6) is 0. The zero-order valence-electron chi connectivity index (χ0n) is 11.3. The van der Waals surface area contributed by atoms with Crippen LogP contribution in [0.5, 0.6) is 0 Å². The summed E-state index contributed by atoms with van der Waals surface area (Å²) in [5.41, 5.74) is 7.59. The molecule has 0 aromatic carbocycles. The number of hydrogen-bond donors (Lipinski definition) is 1. The fraction of sp³-hybridized carbons (Fsp3) is 0.857. The van der Waals surface area contributed by atoms with Gasteiger partial charge in [0.2, 0.25) is 0 Å². The van der Waals surface area contributed by atoms with Gasteiger partial charge in [-0.1, -0.05) is 25.5 Å². The van der Waals surface area contributed by atoms with Gasteiger partial charge in [0.05, 0.1) is 0 Å². The highest BCUT2D eigenvalue weighted by Gasteiger charge is 2.17. The van der Waals surface area contributed by atoms with Crippen molar-refractivity contribution in [3.63, 3.8) is 0 Å². The van der Waals surface area contributed by atoms with E-state index in [1.165, 1.54) is 44.5 Å². The Morgan fingerprint density at radius 2 is 2.12 bits per heavy atom. The molecule has 0 saturated heterocycles. The van der Waals surface area contributed by atoms with Gasteiger partial charge in [-0.3, -0.25) is 4.90 Å². The van der Waals surface area contributed by atoms with Crippen molar-refractivity contribution in [2.75, 3.05) is 26.2 Å². The third-order valence-corrected chi connectivity index (χ3v) is 3.56. The SMILES string of the molecule is CC1=CCCN(CCCC(C)(C)CCN)C1. The van der Waals surface area contributed by atoms with Crippen molar-refractivity contribution in [2.24, 2.45) is 11.1 Å². The summed E-state index contributed by atoms with van der Waals surface area (Å²) >= 11 is 0. The first-order valence-corrected chi connectivity index (χ1v) is 6.61. The van der Waals surface area contributed by atoms with E-state index in [2.05, 4.69) is 31.7 Å². The quantitative estimate of drug-likeness (QED) is 0.703. The van der Waals surface area contributed by atoms with Crippen LogP contribution in [0.25, 0.3) is 0 Å². The summed E-state index contributed by atoms with van der Waals surface area (Å²) in [5, 5.41) is 0. The van der Waals surface area contributed by atoms with Gasteiger partial charge < -0.3 is 5.73 Å². The lowest BCUT2D eigenvalue weighted by molar-refractivity contribution is 0.244. The van der Waals surface area contributed by atoms with Crippen molar-refractivity contribution >= 4 is 0 Å². The zero-order chi connectivity index (χ0) is 12.0. The Labute approximate surface area is 101 Å². The Kier molecular flexibility index (Phi) is 5.50. The lowest BCUT2D eigenvalue weighted by Crippen LogP contribution is -2.31. The molecule has 0 unspecified atom stereocenters. The summed E-state index contributed by atoms with van der Waals surface area (Å²) < 4.78 is 0. The Bertz CT molecular complexity index is 231. The van der Waals surface area contributed by atoms with Crippen molar-refractivity contribution in [1.29, 1.82) is 0 Å².